The molecule has 5 nitrogen and oxygen atoms in total. The summed E-state index contributed by atoms with van der Waals surface area (Å²) >= 11 is 0. The maximum absolute atomic E-state index is 6.09. The Bertz CT molecular complexity index is 830. The van der Waals surface area contributed by atoms with Crippen LogP contribution in [0.1, 0.15) is 24.1 Å². The van der Waals surface area contributed by atoms with E-state index in [1.807, 2.05) is 7.05 Å². The number of H-pyrrole nitrogens is 1. The number of rotatable bonds is 3. The molecule has 4 unspecified atom stereocenters. The molecule has 0 amide bonds. The number of aromatic nitrogens is 1. The van der Waals surface area contributed by atoms with Crippen molar-refractivity contribution in [3.05, 3.63) is 35.5 Å². The fraction of sp³-hybridized carbons (Fsp3) is 0.571. The Kier molecular flexibility index (Phi) is 5.38. The van der Waals surface area contributed by atoms with Gasteiger partial charge in [0.25, 0.3) is 0 Å². The molecule has 3 aliphatic rings. The number of hydrogen-bond acceptors (Lipinski definition) is 2. The van der Waals surface area contributed by atoms with Crippen LogP contribution in [0.4, 0.5) is 0 Å². The number of benzene rings is 1. The van der Waals surface area contributed by atoms with Gasteiger partial charge < -0.3 is 19.9 Å². The van der Waals surface area contributed by atoms with Crippen molar-refractivity contribution in [1.29, 1.82) is 0 Å². The molecule has 1 aromatic heterocycles. The normalized spacial score (nSPS) is 29.3. The molecule has 146 valence electrons. The van der Waals surface area contributed by atoms with E-state index in [9.17, 15) is 0 Å². The monoisotopic (exact) mass is 480 g/mol. The van der Waals surface area contributed by atoms with Gasteiger partial charge in [0.15, 0.2) is 5.96 Å². The summed E-state index contributed by atoms with van der Waals surface area (Å²) in [5.41, 5.74) is 3.91. The van der Waals surface area contributed by atoms with Gasteiger partial charge in [-0.2, -0.15) is 0 Å². The van der Waals surface area contributed by atoms with Crippen LogP contribution in [0, 0.1) is 18.8 Å². The molecule has 1 aromatic carbocycles. The highest BCUT2D eigenvalue weighted by atomic mass is 127. The summed E-state index contributed by atoms with van der Waals surface area (Å²) in [5, 5.41) is 4.94. The van der Waals surface area contributed by atoms with Crippen LogP contribution >= 0.6 is 24.0 Å². The fourth-order valence-corrected chi connectivity index (χ4v) is 5.42. The molecule has 5 rings (SSSR count). The summed E-state index contributed by atoms with van der Waals surface area (Å²) in [6.07, 6.45) is 4.52. The molecule has 27 heavy (non-hydrogen) atoms. The molecule has 3 saturated heterocycles. The van der Waals surface area contributed by atoms with E-state index in [-0.39, 0.29) is 24.0 Å². The molecule has 3 aliphatic heterocycles. The quantitative estimate of drug-likeness (QED) is 0.403. The second kappa shape index (κ2) is 7.62. The molecule has 2 N–H and O–H groups in total. The number of nitrogens with zero attached hydrogens (tertiary/aromatic N) is 2. The number of hydrogen-bond donors (Lipinski definition) is 2. The topological polar surface area (TPSA) is 52.7 Å². The zero-order valence-corrected chi connectivity index (χ0v) is 18.4. The Morgan fingerprint density at radius 1 is 1.22 bits per heavy atom. The summed E-state index contributed by atoms with van der Waals surface area (Å²) in [7, 11) is 1.90. The van der Waals surface area contributed by atoms with E-state index in [0.29, 0.717) is 24.0 Å². The molecular formula is C21H29IN4O. The molecule has 0 aliphatic carbocycles. The lowest BCUT2D eigenvalue weighted by atomic mass is 9.82. The highest BCUT2D eigenvalue weighted by Gasteiger charge is 2.53. The van der Waals surface area contributed by atoms with Crippen LogP contribution in [-0.4, -0.2) is 54.7 Å². The lowest BCUT2D eigenvalue weighted by Crippen LogP contribution is -2.42. The molecule has 0 radical (unpaired) electrons. The van der Waals surface area contributed by atoms with Gasteiger partial charge in [0.1, 0.15) is 0 Å². The molecular weight excluding hydrogens is 451 g/mol. The molecule has 4 heterocycles. The largest absolute Gasteiger partial charge is 0.374 e. The molecule has 0 spiro atoms. The van der Waals surface area contributed by atoms with E-state index in [2.05, 4.69) is 51.4 Å². The van der Waals surface area contributed by atoms with Crippen molar-refractivity contribution in [2.75, 3.05) is 26.7 Å². The Hall–Kier alpha value is -1.28. The molecule has 0 saturated carbocycles. The minimum atomic E-state index is 0. The van der Waals surface area contributed by atoms with Crippen molar-refractivity contribution < 1.29 is 4.74 Å². The zero-order valence-electron chi connectivity index (χ0n) is 16.1. The van der Waals surface area contributed by atoms with Gasteiger partial charge in [-0.1, -0.05) is 18.2 Å². The predicted molar refractivity (Wildman–Crippen MR) is 120 cm³/mol. The molecule has 3 fully saturated rings. The lowest BCUT2D eigenvalue weighted by Gasteiger charge is -2.23. The zero-order chi connectivity index (χ0) is 17.7. The number of fused-ring (bicyclic) bond motifs is 6. The second-order valence-corrected chi connectivity index (χ2v) is 8.02. The van der Waals surface area contributed by atoms with Crippen LogP contribution in [0.25, 0.3) is 10.9 Å². The van der Waals surface area contributed by atoms with E-state index in [0.717, 1.165) is 32.0 Å². The number of nitrogens with one attached hydrogen (secondary N) is 2. The number of likely N-dealkylation sites (tertiary alicyclic amines) is 1. The van der Waals surface area contributed by atoms with Crippen molar-refractivity contribution >= 4 is 40.8 Å². The number of para-hydroxylation sites is 1. The Morgan fingerprint density at radius 3 is 2.63 bits per heavy atom. The Morgan fingerprint density at radius 2 is 1.93 bits per heavy atom. The number of ether oxygens (including phenoxy) is 1. The standard InChI is InChI=1S/C21H28N4O.HI/c1-13-14(15-5-3-4-6-18(15)24-13)9-10-23-21(22-2)25-11-16-17(12-25)20-8-7-19(16)26-20;/h3-6,16-17,19-20,24H,7-12H2,1-2H3,(H,22,23);1H. The van der Waals surface area contributed by atoms with Crippen molar-refractivity contribution in [3.8, 4) is 0 Å². The lowest BCUT2D eigenvalue weighted by molar-refractivity contribution is 0.0767. The minimum absolute atomic E-state index is 0. The predicted octanol–water partition coefficient (Wildman–Crippen LogP) is 3.32. The first kappa shape index (κ1) is 19.1. The Balaban J connectivity index is 0.00000180. The summed E-state index contributed by atoms with van der Waals surface area (Å²) in [4.78, 5) is 10.5. The summed E-state index contributed by atoms with van der Waals surface area (Å²) in [6, 6.07) is 8.56. The van der Waals surface area contributed by atoms with Gasteiger partial charge in [0.05, 0.1) is 12.2 Å². The second-order valence-electron chi connectivity index (χ2n) is 8.02. The molecule has 6 heteroatoms. The van der Waals surface area contributed by atoms with Gasteiger partial charge >= 0.3 is 0 Å². The maximum Gasteiger partial charge on any atom is 0.193 e. The average molecular weight is 480 g/mol. The van der Waals surface area contributed by atoms with Gasteiger partial charge in [-0.25, -0.2) is 0 Å². The SMILES string of the molecule is CN=C(NCCc1c(C)[nH]c2ccccc12)N1CC2C3CCC(O3)C2C1.I. The molecule has 4 atom stereocenters. The fourth-order valence-electron chi connectivity index (χ4n) is 5.42. The van der Waals surface area contributed by atoms with Crippen LogP contribution in [-0.2, 0) is 11.2 Å². The van der Waals surface area contributed by atoms with Gasteiger partial charge in [-0.15, -0.1) is 24.0 Å². The number of aryl methyl sites for hydroxylation is 1. The number of aromatic amines is 1. The molecule has 2 aromatic rings. The number of guanidine groups is 1. The van der Waals surface area contributed by atoms with Crippen molar-refractivity contribution in [1.82, 2.24) is 15.2 Å². The average Bonchev–Trinajstić information content (AvgIpc) is 3.39. The number of halogens is 1. The third-order valence-electron chi connectivity index (χ3n) is 6.65. The van der Waals surface area contributed by atoms with E-state index in [4.69, 9.17) is 4.74 Å². The highest BCUT2D eigenvalue weighted by Crippen LogP contribution is 2.47. The van der Waals surface area contributed by atoms with Crippen LogP contribution in [0.3, 0.4) is 0 Å². The van der Waals surface area contributed by atoms with Crippen molar-refractivity contribution in [3.63, 3.8) is 0 Å². The van der Waals surface area contributed by atoms with Gasteiger partial charge in [0.2, 0.25) is 0 Å². The van der Waals surface area contributed by atoms with E-state index >= 15 is 0 Å². The van der Waals surface area contributed by atoms with Crippen molar-refractivity contribution in [2.24, 2.45) is 16.8 Å². The van der Waals surface area contributed by atoms with Crippen LogP contribution in [0.2, 0.25) is 0 Å². The summed E-state index contributed by atoms with van der Waals surface area (Å²) in [6.45, 7) is 5.27. The van der Waals surface area contributed by atoms with Crippen LogP contribution < -0.4 is 5.32 Å². The smallest absolute Gasteiger partial charge is 0.193 e. The number of aliphatic imine (C=N–C) groups is 1. The first-order valence-electron chi connectivity index (χ1n) is 9.92. The summed E-state index contributed by atoms with van der Waals surface area (Å²) < 4.78 is 6.09. The van der Waals surface area contributed by atoms with Crippen LogP contribution in [0.5, 0.6) is 0 Å². The van der Waals surface area contributed by atoms with E-state index in [1.54, 1.807) is 0 Å². The Labute approximate surface area is 178 Å². The first-order valence-corrected chi connectivity index (χ1v) is 9.92. The van der Waals surface area contributed by atoms with Gasteiger partial charge in [0, 0.05) is 55.1 Å². The third-order valence-corrected chi connectivity index (χ3v) is 6.65. The first-order chi connectivity index (χ1) is 12.7. The van der Waals surface area contributed by atoms with E-state index in [1.165, 1.54) is 35.0 Å². The molecule has 2 bridgehead atoms. The highest BCUT2D eigenvalue weighted by molar-refractivity contribution is 14.0. The minimum Gasteiger partial charge on any atom is -0.374 e. The van der Waals surface area contributed by atoms with E-state index < -0.39 is 0 Å². The van der Waals surface area contributed by atoms with Gasteiger partial charge in [-0.3, -0.25) is 4.99 Å². The van der Waals surface area contributed by atoms with Crippen molar-refractivity contribution in [2.45, 2.75) is 38.4 Å². The third kappa shape index (κ3) is 3.24. The van der Waals surface area contributed by atoms with Crippen LogP contribution in [0.15, 0.2) is 29.3 Å². The summed E-state index contributed by atoms with van der Waals surface area (Å²) in [5.74, 6) is 2.47. The maximum atomic E-state index is 6.09. The van der Waals surface area contributed by atoms with Gasteiger partial charge in [-0.05, 0) is 37.8 Å².